The van der Waals surface area contributed by atoms with Gasteiger partial charge in [0.25, 0.3) is 5.91 Å². The lowest BCUT2D eigenvalue weighted by atomic mass is 10.0. The second kappa shape index (κ2) is 6.28. The van der Waals surface area contributed by atoms with E-state index < -0.39 is 0 Å². The highest BCUT2D eigenvalue weighted by Gasteiger charge is 2.35. The van der Waals surface area contributed by atoms with Crippen molar-refractivity contribution in [3.05, 3.63) is 84.2 Å². The van der Waals surface area contributed by atoms with Crippen molar-refractivity contribution < 1.29 is 9.53 Å². The third-order valence-electron chi connectivity index (χ3n) is 4.27. The van der Waals surface area contributed by atoms with Gasteiger partial charge < -0.3 is 10.1 Å². The molecule has 0 unspecified atom stereocenters. The number of carbonyl (C=O) groups is 1. The van der Waals surface area contributed by atoms with E-state index in [0.717, 1.165) is 11.3 Å². The number of para-hydroxylation sites is 3. The van der Waals surface area contributed by atoms with Crippen LogP contribution in [0.5, 0.6) is 5.75 Å². The summed E-state index contributed by atoms with van der Waals surface area (Å²) in [7, 11) is 1.60. The summed E-state index contributed by atoms with van der Waals surface area (Å²) < 4.78 is 5.48. The van der Waals surface area contributed by atoms with Gasteiger partial charge in [-0.3, -0.25) is 14.7 Å². The van der Waals surface area contributed by atoms with Gasteiger partial charge in [-0.2, -0.15) is 0 Å². The zero-order chi connectivity index (χ0) is 17.2. The molecular formula is C20H17N3O2. The number of hydrogen-bond acceptors (Lipinski definition) is 4. The lowest BCUT2D eigenvalue weighted by Gasteiger charge is -2.38. The minimum absolute atomic E-state index is 0.0762. The van der Waals surface area contributed by atoms with E-state index in [1.807, 2.05) is 60.7 Å². The maximum atomic E-state index is 13.3. The Morgan fingerprint density at radius 3 is 2.64 bits per heavy atom. The van der Waals surface area contributed by atoms with Crippen molar-refractivity contribution in [1.82, 2.24) is 4.98 Å². The highest BCUT2D eigenvalue weighted by atomic mass is 16.5. The molecule has 1 N–H and O–H groups in total. The number of rotatable bonds is 3. The molecule has 1 amide bonds. The van der Waals surface area contributed by atoms with Gasteiger partial charge in [-0.1, -0.05) is 30.3 Å². The van der Waals surface area contributed by atoms with Crippen LogP contribution in [0.1, 0.15) is 22.1 Å². The molecule has 5 heteroatoms. The summed E-state index contributed by atoms with van der Waals surface area (Å²) in [6, 6.07) is 18.9. The van der Waals surface area contributed by atoms with Crippen LogP contribution in [-0.4, -0.2) is 18.0 Å². The van der Waals surface area contributed by atoms with Crippen LogP contribution in [0.15, 0.2) is 73.1 Å². The number of benzene rings is 2. The zero-order valence-electron chi connectivity index (χ0n) is 13.7. The lowest BCUT2D eigenvalue weighted by Crippen LogP contribution is -2.43. The molecule has 0 bridgehead atoms. The van der Waals surface area contributed by atoms with Crippen LogP contribution < -0.4 is 15.0 Å². The van der Waals surface area contributed by atoms with Crippen molar-refractivity contribution in [2.24, 2.45) is 0 Å². The molecule has 0 saturated carbocycles. The van der Waals surface area contributed by atoms with E-state index in [1.54, 1.807) is 24.4 Å². The highest BCUT2D eigenvalue weighted by molar-refractivity contribution is 6.12. The summed E-state index contributed by atoms with van der Waals surface area (Å²) in [5.41, 5.74) is 3.06. The van der Waals surface area contributed by atoms with Gasteiger partial charge >= 0.3 is 0 Å². The Kier molecular flexibility index (Phi) is 3.82. The normalized spacial score (nSPS) is 16.1. The Morgan fingerprint density at radius 1 is 1.04 bits per heavy atom. The Balaban J connectivity index is 1.90. The van der Waals surface area contributed by atoms with Crippen molar-refractivity contribution in [3.63, 3.8) is 0 Å². The number of ether oxygens (including phenoxy) is 1. The standard InChI is InChI=1S/C20H17N3O2/c1-25-18-11-5-4-10-17(18)23-19(14-7-6-12-21-13-14)22-16-9-3-2-8-15(16)20(23)24/h2-13,19,22H,1H3/t19-/m0/s1. The number of aromatic nitrogens is 1. The topological polar surface area (TPSA) is 54.5 Å². The fourth-order valence-corrected chi connectivity index (χ4v) is 3.10. The summed E-state index contributed by atoms with van der Waals surface area (Å²) in [6.07, 6.45) is 3.11. The summed E-state index contributed by atoms with van der Waals surface area (Å²) in [6.45, 7) is 0. The molecule has 0 fully saturated rings. The van der Waals surface area contributed by atoms with Crippen LogP contribution in [0.2, 0.25) is 0 Å². The van der Waals surface area contributed by atoms with Gasteiger partial charge in [-0.05, 0) is 30.3 Å². The van der Waals surface area contributed by atoms with E-state index in [-0.39, 0.29) is 12.1 Å². The molecule has 2 heterocycles. The van der Waals surface area contributed by atoms with Crippen LogP contribution in [0, 0.1) is 0 Å². The molecule has 5 nitrogen and oxygen atoms in total. The third kappa shape index (κ3) is 2.59. The van der Waals surface area contributed by atoms with Gasteiger partial charge in [-0.15, -0.1) is 0 Å². The average molecular weight is 331 g/mol. The molecule has 0 radical (unpaired) electrons. The van der Waals surface area contributed by atoms with E-state index in [9.17, 15) is 4.79 Å². The Bertz CT molecular complexity index is 912. The number of fused-ring (bicyclic) bond motifs is 1. The third-order valence-corrected chi connectivity index (χ3v) is 4.27. The predicted octanol–water partition coefficient (Wildman–Crippen LogP) is 3.86. The van der Waals surface area contributed by atoms with Gasteiger partial charge in [0.15, 0.2) is 0 Å². The Hall–Kier alpha value is -3.34. The van der Waals surface area contributed by atoms with Gasteiger partial charge in [0.05, 0.1) is 18.4 Å². The van der Waals surface area contributed by atoms with E-state index in [0.29, 0.717) is 17.0 Å². The van der Waals surface area contributed by atoms with Crippen LogP contribution in [0.3, 0.4) is 0 Å². The first-order valence-corrected chi connectivity index (χ1v) is 8.01. The maximum absolute atomic E-state index is 13.3. The van der Waals surface area contributed by atoms with Crippen LogP contribution in [0.25, 0.3) is 0 Å². The highest BCUT2D eigenvalue weighted by Crippen LogP contribution is 2.40. The molecule has 1 aliphatic heterocycles. The minimum Gasteiger partial charge on any atom is -0.495 e. The molecule has 0 saturated heterocycles. The fourth-order valence-electron chi connectivity index (χ4n) is 3.10. The largest absolute Gasteiger partial charge is 0.495 e. The van der Waals surface area contributed by atoms with E-state index in [4.69, 9.17) is 4.74 Å². The second-order valence-electron chi connectivity index (χ2n) is 5.73. The van der Waals surface area contributed by atoms with Crippen molar-refractivity contribution in [2.75, 3.05) is 17.3 Å². The smallest absolute Gasteiger partial charge is 0.262 e. The molecule has 2 aromatic carbocycles. The lowest BCUT2D eigenvalue weighted by molar-refractivity contribution is 0.0974. The number of nitrogens with one attached hydrogen (secondary N) is 1. The molecule has 1 aromatic heterocycles. The minimum atomic E-state index is -0.368. The fraction of sp³-hybridized carbons (Fsp3) is 0.100. The number of nitrogens with zero attached hydrogens (tertiary/aromatic N) is 2. The quantitative estimate of drug-likeness (QED) is 0.792. The molecule has 25 heavy (non-hydrogen) atoms. The number of amides is 1. The van der Waals surface area contributed by atoms with Crippen LogP contribution in [0.4, 0.5) is 11.4 Å². The average Bonchev–Trinajstić information content (AvgIpc) is 2.68. The molecular weight excluding hydrogens is 314 g/mol. The Labute approximate surface area is 145 Å². The first-order chi connectivity index (χ1) is 12.3. The first kappa shape index (κ1) is 15.2. The van der Waals surface area contributed by atoms with Crippen molar-refractivity contribution in [1.29, 1.82) is 0 Å². The number of anilines is 2. The summed E-state index contributed by atoms with van der Waals surface area (Å²) in [4.78, 5) is 19.2. The monoisotopic (exact) mass is 331 g/mol. The molecule has 0 spiro atoms. The molecule has 124 valence electrons. The zero-order valence-corrected chi connectivity index (χ0v) is 13.7. The molecule has 4 rings (SSSR count). The number of carbonyl (C=O) groups excluding carboxylic acids is 1. The number of pyridine rings is 1. The van der Waals surface area contributed by atoms with Crippen molar-refractivity contribution >= 4 is 17.3 Å². The van der Waals surface area contributed by atoms with Gasteiger partial charge in [0, 0.05) is 23.6 Å². The second-order valence-corrected chi connectivity index (χ2v) is 5.73. The summed E-state index contributed by atoms with van der Waals surface area (Å²) in [5.74, 6) is 0.568. The number of methoxy groups -OCH3 is 1. The molecule has 1 aliphatic rings. The molecule has 3 aromatic rings. The van der Waals surface area contributed by atoms with Crippen LogP contribution >= 0.6 is 0 Å². The SMILES string of the molecule is COc1ccccc1N1C(=O)c2ccccc2N[C@@H]1c1cccnc1. The van der Waals surface area contributed by atoms with Crippen molar-refractivity contribution in [2.45, 2.75) is 6.17 Å². The first-order valence-electron chi connectivity index (χ1n) is 8.01. The van der Waals surface area contributed by atoms with Crippen LogP contribution in [-0.2, 0) is 0 Å². The maximum Gasteiger partial charge on any atom is 0.262 e. The van der Waals surface area contributed by atoms with Crippen molar-refractivity contribution in [3.8, 4) is 5.75 Å². The summed E-state index contributed by atoms with van der Waals surface area (Å²) >= 11 is 0. The molecule has 1 atom stereocenters. The van der Waals surface area contributed by atoms with E-state index in [1.165, 1.54) is 0 Å². The summed E-state index contributed by atoms with van der Waals surface area (Å²) in [5, 5.41) is 3.45. The Morgan fingerprint density at radius 2 is 1.84 bits per heavy atom. The van der Waals surface area contributed by atoms with Gasteiger partial charge in [0.1, 0.15) is 11.9 Å². The predicted molar refractivity (Wildman–Crippen MR) is 96.8 cm³/mol. The van der Waals surface area contributed by atoms with E-state index in [2.05, 4.69) is 10.3 Å². The molecule has 0 aliphatic carbocycles. The van der Waals surface area contributed by atoms with Gasteiger partial charge in [-0.25, -0.2) is 0 Å². The number of hydrogen-bond donors (Lipinski definition) is 1. The van der Waals surface area contributed by atoms with Gasteiger partial charge in [0.2, 0.25) is 0 Å². The van der Waals surface area contributed by atoms with E-state index >= 15 is 0 Å².